The van der Waals surface area contributed by atoms with E-state index in [0.717, 1.165) is 17.9 Å². The van der Waals surface area contributed by atoms with Crippen molar-refractivity contribution in [3.63, 3.8) is 0 Å². The fraction of sp³-hybridized carbons (Fsp3) is 0.462. The number of nitrogens with one attached hydrogen (secondary N) is 2. The SMILES string of the molecule is Cl.O=C(NCc1ccccc1)[C@@H]1C[C@@H]2C[C@@H]2N1. The van der Waals surface area contributed by atoms with Crippen LogP contribution in [0.5, 0.6) is 0 Å². The van der Waals surface area contributed by atoms with Gasteiger partial charge in [0.25, 0.3) is 0 Å². The van der Waals surface area contributed by atoms with E-state index in [2.05, 4.69) is 10.6 Å². The summed E-state index contributed by atoms with van der Waals surface area (Å²) in [6.07, 6.45) is 2.29. The lowest BCUT2D eigenvalue weighted by Gasteiger charge is -2.13. The molecule has 92 valence electrons. The number of carbonyl (C=O) groups is 1. The molecule has 17 heavy (non-hydrogen) atoms. The summed E-state index contributed by atoms with van der Waals surface area (Å²) in [6.45, 7) is 0.632. The maximum absolute atomic E-state index is 11.8. The van der Waals surface area contributed by atoms with E-state index in [0.29, 0.717) is 12.6 Å². The Morgan fingerprint density at radius 1 is 1.29 bits per heavy atom. The summed E-state index contributed by atoms with van der Waals surface area (Å²) in [5, 5.41) is 6.33. The van der Waals surface area contributed by atoms with Gasteiger partial charge in [-0.15, -0.1) is 12.4 Å². The molecule has 3 atom stereocenters. The highest BCUT2D eigenvalue weighted by Crippen LogP contribution is 2.40. The van der Waals surface area contributed by atoms with Crippen LogP contribution >= 0.6 is 12.4 Å². The first-order valence-corrected chi connectivity index (χ1v) is 5.90. The zero-order chi connectivity index (χ0) is 11.0. The Kier molecular flexibility index (Phi) is 3.69. The van der Waals surface area contributed by atoms with E-state index in [4.69, 9.17) is 0 Å². The van der Waals surface area contributed by atoms with Crippen molar-refractivity contribution in [3.05, 3.63) is 35.9 Å². The van der Waals surface area contributed by atoms with Gasteiger partial charge in [-0.25, -0.2) is 0 Å². The minimum atomic E-state index is 0. The predicted molar refractivity (Wildman–Crippen MR) is 69.0 cm³/mol. The molecule has 0 aromatic heterocycles. The Hall–Kier alpha value is -1.06. The largest absolute Gasteiger partial charge is 0.351 e. The lowest BCUT2D eigenvalue weighted by Crippen LogP contribution is -2.41. The monoisotopic (exact) mass is 252 g/mol. The van der Waals surface area contributed by atoms with Crippen LogP contribution in [0.4, 0.5) is 0 Å². The third-order valence-corrected chi connectivity index (χ3v) is 3.50. The molecule has 0 bridgehead atoms. The lowest BCUT2D eigenvalue weighted by molar-refractivity contribution is -0.123. The van der Waals surface area contributed by atoms with Crippen LogP contribution in [-0.2, 0) is 11.3 Å². The lowest BCUT2D eigenvalue weighted by atomic mass is 10.1. The quantitative estimate of drug-likeness (QED) is 0.856. The molecule has 2 N–H and O–H groups in total. The first-order chi connectivity index (χ1) is 7.83. The Morgan fingerprint density at radius 3 is 2.71 bits per heavy atom. The second-order valence-corrected chi connectivity index (χ2v) is 4.76. The summed E-state index contributed by atoms with van der Waals surface area (Å²) in [5.41, 5.74) is 1.15. The second-order valence-electron chi connectivity index (χ2n) is 4.76. The van der Waals surface area contributed by atoms with Crippen LogP contribution in [0.25, 0.3) is 0 Å². The summed E-state index contributed by atoms with van der Waals surface area (Å²) >= 11 is 0. The first kappa shape index (κ1) is 12.4. The van der Waals surface area contributed by atoms with E-state index >= 15 is 0 Å². The molecule has 2 aliphatic rings. The fourth-order valence-electron chi connectivity index (χ4n) is 2.43. The molecule has 1 aliphatic carbocycles. The highest BCUT2D eigenvalue weighted by atomic mass is 35.5. The number of piperidine rings is 1. The van der Waals surface area contributed by atoms with Crippen LogP contribution in [-0.4, -0.2) is 18.0 Å². The molecule has 0 unspecified atom stereocenters. The van der Waals surface area contributed by atoms with Gasteiger partial charge in [0.05, 0.1) is 6.04 Å². The minimum Gasteiger partial charge on any atom is -0.351 e. The Morgan fingerprint density at radius 2 is 2.06 bits per heavy atom. The standard InChI is InChI=1S/C13H16N2O.ClH/c16-13(12-7-10-6-11(10)15-12)14-8-9-4-2-1-3-5-9;/h1-5,10-12,15H,6-8H2,(H,14,16);1H/t10-,11-,12-;/m0./s1. The van der Waals surface area contributed by atoms with Gasteiger partial charge in [-0.2, -0.15) is 0 Å². The van der Waals surface area contributed by atoms with E-state index in [1.807, 2.05) is 30.3 Å². The molecule has 1 heterocycles. The zero-order valence-electron chi connectivity index (χ0n) is 9.56. The Balaban J connectivity index is 0.00000108. The topological polar surface area (TPSA) is 41.1 Å². The highest BCUT2D eigenvalue weighted by Gasteiger charge is 2.47. The summed E-state index contributed by atoms with van der Waals surface area (Å²) < 4.78 is 0. The van der Waals surface area contributed by atoms with Crippen LogP contribution in [0, 0.1) is 5.92 Å². The third-order valence-electron chi connectivity index (χ3n) is 3.50. The average Bonchev–Trinajstić information content (AvgIpc) is 2.94. The smallest absolute Gasteiger partial charge is 0.237 e. The molecule has 0 radical (unpaired) electrons. The molecule has 1 aliphatic heterocycles. The second kappa shape index (κ2) is 5.07. The molecule has 3 nitrogen and oxygen atoms in total. The van der Waals surface area contributed by atoms with Crippen molar-refractivity contribution in [1.82, 2.24) is 10.6 Å². The maximum atomic E-state index is 11.8. The van der Waals surface area contributed by atoms with Crippen molar-refractivity contribution in [3.8, 4) is 0 Å². The van der Waals surface area contributed by atoms with Crippen LogP contribution < -0.4 is 10.6 Å². The summed E-state index contributed by atoms with van der Waals surface area (Å²) in [4.78, 5) is 11.8. The van der Waals surface area contributed by atoms with Crippen LogP contribution in [0.15, 0.2) is 30.3 Å². The molecule has 4 heteroatoms. The molecule has 1 saturated carbocycles. The van der Waals surface area contributed by atoms with Gasteiger partial charge in [-0.05, 0) is 24.3 Å². The van der Waals surface area contributed by atoms with Crippen molar-refractivity contribution in [1.29, 1.82) is 0 Å². The molecule has 1 aromatic rings. The number of benzene rings is 1. The molecule has 2 fully saturated rings. The summed E-state index contributed by atoms with van der Waals surface area (Å²) in [5.74, 6) is 0.920. The van der Waals surface area contributed by atoms with Gasteiger partial charge < -0.3 is 10.6 Å². The number of hydrogen-bond acceptors (Lipinski definition) is 2. The number of carbonyl (C=O) groups excluding carboxylic acids is 1. The van der Waals surface area contributed by atoms with E-state index in [-0.39, 0.29) is 24.4 Å². The van der Waals surface area contributed by atoms with Gasteiger partial charge >= 0.3 is 0 Å². The predicted octanol–water partition coefficient (Wildman–Crippen LogP) is 1.47. The number of halogens is 1. The van der Waals surface area contributed by atoms with Crippen molar-refractivity contribution < 1.29 is 4.79 Å². The van der Waals surface area contributed by atoms with Gasteiger partial charge in [0.1, 0.15) is 0 Å². The Labute approximate surface area is 107 Å². The summed E-state index contributed by atoms with van der Waals surface area (Å²) in [6, 6.07) is 10.7. The van der Waals surface area contributed by atoms with Crippen molar-refractivity contribution >= 4 is 18.3 Å². The molecular weight excluding hydrogens is 236 g/mol. The van der Waals surface area contributed by atoms with E-state index in [1.165, 1.54) is 6.42 Å². The molecule has 3 rings (SSSR count). The minimum absolute atomic E-state index is 0. The fourth-order valence-corrected chi connectivity index (χ4v) is 2.43. The van der Waals surface area contributed by atoms with Gasteiger partial charge in [-0.3, -0.25) is 4.79 Å². The van der Waals surface area contributed by atoms with Gasteiger partial charge in [-0.1, -0.05) is 30.3 Å². The van der Waals surface area contributed by atoms with Gasteiger partial charge in [0.15, 0.2) is 0 Å². The molecule has 0 spiro atoms. The van der Waals surface area contributed by atoms with Crippen molar-refractivity contribution in [2.45, 2.75) is 31.5 Å². The van der Waals surface area contributed by atoms with Crippen LogP contribution in [0.2, 0.25) is 0 Å². The number of fused-ring (bicyclic) bond motifs is 1. The maximum Gasteiger partial charge on any atom is 0.237 e. The van der Waals surface area contributed by atoms with Crippen LogP contribution in [0.3, 0.4) is 0 Å². The van der Waals surface area contributed by atoms with E-state index < -0.39 is 0 Å². The van der Waals surface area contributed by atoms with Gasteiger partial charge in [0.2, 0.25) is 5.91 Å². The molecular formula is C13H17ClN2O. The number of hydrogen-bond donors (Lipinski definition) is 2. The van der Waals surface area contributed by atoms with Gasteiger partial charge in [0, 0.05) is 12.6 Å². The third kappa shape index (κ3) is 2.79. The molecule has 1 aromatic carbocycles. The van der Waals surface area contributed by atoms with E-state index in [1.54, 1.807) is 0 Å². The normalized spacial score (nSPS) is 29.1. The van der Waals surface area contributed by atoms with Crippen molar-refractivity contribution in [2.24, 2.45) is 5.92 Å². The van der Waals surface area contributed by atoms with Crippen molar-refractivity contribution in [2.75, 3.05) is 0 Å². The average molecular weight is 253 g/mol. The highest BCUT2D eigenvalue weighted by molar-refractivity contribution is 5.85. The first-order valence-electron chi connectivity index (χ1n) is 5.90. The zero-order valence-corrected chi connectivity index (χ0v) is 10.4. The van der Waals surface area contributed by atoms with E-state index in [9.17, 15) is 4.79 Å². The summed E-state index contributed by atoms with van der Waals surface area (Å²) in [7, 11) is 0. The van der Waals surface area contributed by atoms with Crippen LogP contribution in [0.1, 0.15) is 18.4 Å². The number of amides is 1. The molecule has 1 saturated heterocycles. The molecule has 1 amide bonds. The number of rotatable bonds is 3. The Bertz CT molecular complexity index is 386.